The van der Waals surface area contributed by atoms with Crippen LogP contribution in [-0.4, -0.2) is 23.4 Å². The molecule has 1 fully saturated rings. The summed E-state index contributed by atoms with van der Waals surface area (Å²) in [6.07, 6.45) is 11.0. The van der Waals surface area contributed by atoms with Gasteiger partial charge in [-0.2, -0.15) is 0 Å². The van der Waals surface area contributed by atoms with Crippen LogP contribution in [0.25, 0.3) is 0 Å². The molecule has 0 spiro atoms. The molecule has 4 nitrogen and oxygen atoms in total. The maximum Gasteiger partial charge on any atom is 0.140 e. The highest BCUT2D eigenvalue weighted by molar-refractivity contribution is 6.30. The lowest BCUT2D eigenvalue weighted by atomic mass is 9.86. The molecule has 0 aromatic heterocycles. The Morgan fingerprint density at radius 1 is 0.917 bits per heavy atom. The van der Waals surface area contributed by atoms with Crippen molar-refractivity contribution in [3.63, 3.8) is 0 Å². The first kappa shape index (κ1) is 24.8. The van der Waals surface area contributed by atoms with Gasteiger partial charge in [-0.15, -0.1) is 0 Å². The van der Waals surface area contributed by atoms with Gasteiger partial charge in [0.25, 0.3) is 0 Å². The summed E-state index contributed by atoms with van der Waals surface area (Å²) in [6, 6.07) is 19.4. The van der Waals surface area contributed by atoms with E-state index in [1.54, 1.807) is 12.1 Å². The number of nitrogens with zero attached hydrogens (tertiary/aromatic N) is 1. The molecule has 0 bridgehead atoms. The van der Waals surface area contributed by atoms with Crippen LogP contribution >= 0.6 is 11.6 Å². The summed E-state index contributed by atoms with van der Waals surface area (Å²) in [5.41, 5.74) is 4.31. The van der Waals surface area contributed by atoms with Crippen molar-refractivity contribution in [1.82, 2.24) is 0 Å². The predicted molar refractivity (Wildman–Crippen MR) is 146 cm³/mol. The Labute approximate surface area is 219 Å². The SMILES string of the molecule is Oc1ccc2c(c1)CCN(c1ccc(Cl)cc1O)C2Cc1ccc(OCCCC2CCCCC2)cc1. The van der Waals surface area contributed by atoms with Crippen LogP contribution in [0.15, 0.2) is 60.7 Å². The molecule has 1 aliphatic carbocycles. The van der Waals surface area contributed by atoms with E-state index in [1.807, 2.05) is 24.3 Å². The highest BCUT2D eigenvalue weighted by Crippen LogP contribution is 2.41. The van der Waals surface area contributed by atoms with Gasteiger partial charge in [-0.1, -0.05) is 61.9 Å². The number of hydrogen-bond acceptors (Lipinski definition) is 4. The Hall–Kier alpha value is -2.85. The number of fused-ring (bicyclic) bond motifs is 1. The number of aromatic hydroxyl groups is 2. The lowest BCUT2D eigenvalue weighted by molar-refractivity contribution is 0.269. The van der Waals surface area contributed by atoms with E-state index >= 15 is 0 Å². The summed E-state index contributed by atoms with van der Waals surface area (Å²) < 4.78 is 6.05. The number of benzene rings is 3. The van der Waals surface area contributed by atoms with Crippen molar-refractivity contribution in [2.45, 2.75) is 63.8 Å². The van der Waals surface area contributed by atoms with Crippen molar-refractivity contribution in [2.75, 3.05) is 18.1 Å². The molecule has 2 aliphatic rings. The first-order valence-corrected chi connectivity index (χ1v) is 13.7. The van der Waals surface area contributed by atoms with Crippen LogP contribution in [0.1, 0.15) is 67.7 Å². The quantitative estimate of drug-likeness (QED) is 0.306. The molecule has 5 heteroatoms. The number of ether oxygens (including phenoxy) is 1. The van der Waals surface area contributed by atoms with Gasteiger partial charge in [0, 0.05) is 17.6 Å². The van der Waals surface area contributed by atoms with Crippen LogP contribution < -0.4 is 9.64 Å². The van der Waals surface area contributed by atoms with E-state index in [0.717, 1.165) is 55.3 Å². The van der Waals surface area contributed by atoms with E-state index in [4.69, 9.17) is 16.3 Å². The van der Waals surface area contributed by atoms with Crippen LogP contribution in [0, 0.1) is 5.92 Å². The maximum atomic E-state index is 10.7. The van der Waals surface area contributed by atoms with Gasteiger partial charge in [-0.3, -0.25) is 0 Å². The fourth-order valence-corrected chi connectivity index (χ4v) is 6.10. The van der Waals surface area contributed by atoms with Gasteiger partial charge in [-0.05, 0) is 84.7 Å². The van der Waals surface area contributed by atoms with E-state index in [-0.39, 0.29) is 11.8 Å². The van der Waals surface area contributed by atoms with Crippen molar-refractivity contribution in [1.29, 1.82) is 0 Å². The highest BCUT2D eigenvalue weighted by Gasteiger charge is 2.29. The highest BCUT2D eigenvalue weighted by atomic mass is 35.5. The first-order chi connectivity index (χ1) is 17.6. The maximum absolute atomic E-state index is 10.7. The van der Waals surface area contributed by atoms with Crippen LogP contribution in [0.3, 0.4) is 0 Å². The number of phenolic OH excluding ortho intramolecular Hbond substituents is 2. The lowest BCUT2D eigenvalue weighted by Crippen LogP contribution is -2.36. The standard InChI is InChI=1S/C31H36ClNO3/c32-25-10-15-29(31(35)21-25)33-17-16-24-20-26(34)11-14-28(24)30(33)19-23-8-12-27(13-9-23)36-18-4-7-22-5-2-1-3-6-22/h8-15,20-22,30,34-35H,1-7,16-19H2. The monoisotopic (exact) mass is 505 g/mol. The van der Waals surface area contributed by atoms with E-state index in [2.05, 4.69) is 29.2 Å². The van der Waals surface area contributed by atoms with Gasteiger partial charge in [0.1, 0.15) is 17.2 Å². The average molecular weight is 506 g/mol. The third-order valence-corrected chi connectivity index (χ3v) is 8.07. The number of anilines is 1. The Morgan fingerprint density at radius 3 is 2.50 bits per heavy atom. The molecule has 5 rings (SSSR count). The molecule has 2 N–H and O–H groups in total. The molecule has 0 radical (unpaired) electrons. The van der Waals surface area contributed by atoms with Gasteiger partial charge < -0.3 is 19.8 Å². The molecular weight excluding hydrogens is 470 g/mol. The lowest BCUT2D eigenvalue weighted by Gasteiger charge is -2.39. The van der Waals surface area contributed by atoms with Gasteiger partial charge in [0.2, 0.25) is 0 Å². The van der Waals surface area contributed by atoms with E-state index in [9.17, 15) is 10.2 Å². The van der Waals surface area contributed by atoms with Crippen LogP contribution in [0.2, 0.25) is 5.02 Å². The minimum atomic E-state index is 0.0312. The first-order valence-electron chi connectivity index (χ1n) is 13.4. The largest absolute Gasteiger partial charge is 0.508 e. The van der Waals surface area contributed by atoms with Crippen molar-refractivity contribution in [3.8, 4) is 17.2 Å². The Kier molecular flexibility index (Phi) is 7.91. The second-order valence-electron chi connectivity index (χ2n) is 10.3. The molecule has 36 heavy (non-hydrogen) atoms. The number of hydrogen-bond donors (Lipinski definition) is 2. The molecule has 3 aromatic carbocycles. The zero-order valence-electron chi connectivity index (χ0n) is 20.8. The van der Waals surface area contributed by atoms with Crippen molar-refractivity contribution < 1.29 is 14.9 Å². The van der Waals surface area contributed by atoms with E-state index in [1.165, 1.54) is 49.7 Å². The van der Waals surface area contributed by atoms with Crippen molar-refractivity contribution in [3.05, 3.63) is 82.4 Å². The average Bonchev–Trinajstić information content (AvgIpc) is 2.88. The van der Waals surface area contributed by atoms with E-state index < -0.39 is 0 Å². The summed E-state index contributed by atoms with van der Waals surface area (Å²) in [4.78, 5) is 2.25. The molecule has 1 unspecified atom stereocenters. The Balaban J connectivity index is 1.27. The molecule has 190 valence electrons. The van der Waals surface area contributed by atoms with E-state index in [0.29, 0.717) is 10.8 Å². The zero-order chi connectivity index (χ0) is 24.9. The summed E-state index contributed by atoms with van der Waals surface area (Å²) >= 11 is 6.10. The fraction of sp³-hybridized carbons (Fsp3) is 0.419. The van der Waals surface area contributed by atoms with Crippen LogP contribution in [0.4, 0.5) is 5.69 Å². The van der Waals surface area contributed by atoms with Crippen molar-refractivity contribution in [2.24, 2.45) is 5.92 Å². The topological polar surface area (TPSA) is 52.9 Å². The molecule has 1 heterocycles. The zero-order valence-corrected chi connectivity index (χ0v) is 21.6. The number of halogens is 1. The fourth-order valence-electron chi connectivity index (χ4n) is 5.93. The molecule has 1 atom stereocenters. The summed E-state index contributed by atoms with van der Waals surface area (Å²) in [6.45, 7) is 1.53. The third-order valence-electron chi connectivity index (χ3n) is 7.83. The van der Waals surface area contributed by atoms with Crippen LogP contribution in [0.5, 0.6) is 17.2 Å². The Morgan fingerprint density at radius 2 is 1.72 bits per heavy atom. The molecular formula is C31H36ClNO3. The minimum Gasteiger partial charge on any atom is -0.508 e. The molecule has 0 saturated heterocycles. The second kappa shape index (κ2) is 11.5. The summed E-state index contributed by atoms with van der Waals surface area (Å²) in [5.74, 6) is 2.29. The molecule has 3 aromatic rings. The van der Waals surface area contributed by atoms with Gasteiger partial charge in [0.15, 0.2) is 0 Å². The summed E-state index contributed by atoms with van der Waals surface area (Å²) in [7, 11) is 0. The van der Waals surface area contributed by atoms with Gasteiger partial charge >= 0.3 is 0 Å². The van der Waals surface area contributed by atoms with Gasteiger partial charge in [0.05, 0.1) is 18.3 Å². The smallest absolute Gasteiger partial charge is 0.140 e. The second-order valence-corrected chi connectivity index (χ2v) is 10.8. The minimum absolute atomic E-state index is 0.0312. The predicted octanol–water partition coefficient (Wildman–Crippen LogP) is 7.84. The molecule has 1 saturated carbocycles. The van der Waals surface area contributed by atoms with Crippen molar-refractivity contribution >= 4 is 17.3 Å². The number of rotatable bonds is 8. The normalized spacial score (nSPS) is 18.1. The molecule has 1 aliphatic heterocycles. The summed E-state index contributed by atoms with van der Waals surface area (Å²) in [5, 5.41) is 21.2. The molecule has 0 amide bonds. The van der Waals surface area contributed by atoms with Gasteiger partial charge in [-0.25, -0.2) is 0 Å². The van der Waals surface area contributed by atoms with Crippen LogP contribution in [-0.2, 0) is 12.8 Å². The number of phenols is 2. The Bertz CT molecular complexity index is 1160. The third kappa shape index (κ3) is 5.92.